The molecule has 0 spiro atoms. The van der Waals surface area contributed by atoms with Crippen LogP contribution >= 0.6 is 0 Å². The van der Waals surface area contributed by atoms with Gasteiger partial charge in [0, 0.05) is 16.8 Å². The molecule has 0 saturated carbocycles. The molecular weight excluding hydrogens is 591 g/mol. The highest BCUT2D eigenvalue weighted by atomic mass is 15.1. The lowest BCUT2D eigenvalue weighted by Gasteiger charge is -2.27. The topological polar surface area (TPSA) is 3.24 Å². The van der Waals surface area contributed by atoms with Crippen molar-refractivity contribution in [3.05, 3.63) is 162 Å². The average molecular weight is 650 g/mol. The fraction of sp³-hybridized carbons (Fsp3) is 0.250. The van der Waals surface area contributed by atoms with Crippen LogP contribution in [0.5, 0.6) is 0 Å². The van der Waals surface area contributed by atoms with Crippen LogP contribution in [-0.4, -0.2) is 0 Å². The number of hydrogen-bond donors (Lipinski definition) is 0. The number of hydrogen-bond acceptors (Lipinski definition) is 1. The van der Waals surface area contributed by atoms with Crippen LogP contribution < -0.4 is 4.90 Å². The zero-order chi connectivity index (χ0) is 36.2. The van der Waals surface area contributed by atoms with Crippen LogP contribution in [-0.2, 0) is 0 Å². The first-order chi connectivity index (χ1) is 23.9. The van der Waals surface area contributed by atoms with E-state index in [1.165, 1.54) is 54.7 Å². The van der Waals surface area contributed by atoms with E-state index in [2.05, 4.69) is 179 Å². The van der Waals surface area contributed by atoms with Gasteiger partial charge >= 0.3 is 0 Å². The first-order valence-electron chi connectivity index (χ1n) is 18.1. The summed E-state index contributed by atoms with van der Waals surface area (Å²) in [7, 11) is 0. The first-order valence-corrected chi connectivity index (χ1v) is 18.1. The molecule has 6 aromatic carbocycles. The molecule has 49 heavy (non-hydrogen) atoms. The molecule has 0 atom stereocenters. The summed E-state index contributed by atoms with van der Waals surface area (Å²) in [6.07, 6.45) is 13.7. The van der Waals surface area contributed by atoms with Gasteiger partial charge in [-0.3, -0.25) is 0 Å². The third-order valence-electron chi connectivity index (χ3n) is 8.09. The minimum atomic E-state index is 1.13. The van der Waals surface area contributed by atoms with Crippen LogP contribution in [0.1, 0.15) is 81.2 Å². The van der Waals surface area contributed by atoms with E-state index in [4.69, 9.17) is 0 Å². The zero-order valence-electron chi connectivity index (χ0n) is 32.0. The number of aryl methyl sites for hydroxylation is 1. The fourth-order valence-electron chi connectivity index (χ4n) is 5.47. The highest BCUT2D eigenvalue weighted by Gasteiger charge is 2.18. The Balaban J connectivity index is 0.000000366. The van der Waals surface area contributed by atoms with Crippen molar-refractivity contribution in [2.75, 3.05) is 4.90 Å². The number of allylic oxidation sites excluding steroid dienone is 8. The lowest BCUT2D eigenvalue weighted by molar-refractivity contribution is 1.22. The van der Waals surface area contributed by atoms with E-state index in [1.807, 2.05) is 47.6 Å². The Kier molecular flexibility index (Phi) is 18.0. The van der Waals surface area contributed by atoms with Crippen molar-refractivity contribution in [1.82, 2.24) is 0 Å². The largest absolute Gasteiger partial charge is 0.310 e. The predicted octanol–water partition coefficient (Wildman–Crippen LogP) is 15.9. The van der Waals surface area contributed by atoms with E-state index in [1.54, 1.807) is 0 Å². The molecule has 0 N–H and O–H groups in total. The van der Waals surface area contributed by atoms with Crippen LogP contribution in [0.15, 0.2) is 157 Å². The molecule has 0 unspecified atom stereocenters. The van der Waals surface area contributed by atoms with Crippen molar-refractivity contribution >= 4 is 49.4 Å². The number of anilines is 3. The number of rotatable bonds is 6. The van der Waals surface area contributed by atoms with E-state index in [9.17, 15) is 0 Å². The molecule has 0 amide bonds. The second-order valence-corrected chi connectivity index (χ2v) is 11.3. The van der Waals surface area contributed by atoms with Gasteiger partial charge in [0.15, 0.2) is 0 Å². The molecule has 0 radical (unpaired) electrons. The van der Waals surface area contributed by atoms with Crippen molar-refractivity contribution < 1.29 is 0 Å². The van der Waals surface area contributed by atoms with Gasteiger partial charge in [-0.25, -0.2) is 0 Å². The third kappa shape index (κ3) is 10.8. The second-order valence-electron chi connectivity index (χ2n) is 11.3. The fourth-order valence-corrected chi connectivity index (χ4v) is 5.47. The first kappa shape index (κ1) is 40.3. The molecule has 0 heterocycles. The van der Waals surface area contributed by atoms with Crippen molar-refractivity contribution in [2.24, 2.45) is 0 Å². The van der Waals surface area contributed by atoms with Crippen LogP contribution in [0.3, 0.4) is 0 Å². The molecule has 0 aromatic heterocycles. The highest BCUT2D eigenvalue weighted by molar-refractivity contribution is 6.26. The minimum Gasteiger partial charge on any atom is -0.310 e. The van der Waals surface area contributed by atoms with Crippen molar-refractivity contribution in [3.63, 3.8) is 0 Å². The maximum Gasteiger partial charge on any atom is 0.0540 e. The minimum absolute atomic E-state index is 1.13. The molecular formula is C48H59N. The summed E-state index contributed by atoms with van der Waals surface area (Å²) in [6, 6.07) is 39.3. The summed E-state index contributed by atoms with van der Waals surface area (Å²) >= 11 is 0. The lowest BCUT2D eigenvalue weighted by Crippen LogP contribution is -2.10. The van der Waals surface area contributed by atoms with Gasteiger partial charge in [-0.15, -0.1) is 0 Å². The molecule has 0 aliphatic heterocycles. The standard InChI is InChI=1S/C29H21N.C8H14.C7H12.2C2H6/c1-20-12-13-21-15-18-26-27(19-16-22-14-17-25(20)28(21)29(22)26)30(23-8-4-2-5-9-23)24-10-6-3-7-11-24;1-4-6-7-8(3)5-2;1-4-6-7(3)5-2;2*1-2/h2-19H,1H3;5-7H,4H2,1-3H3;4-6H,1-3H3;2*1-2H3/b;7-6-,8-5-;6-4-,7-5-;;. The van der Waals surface area contributed by atoms with Crippen molar-refractivity contribution in [2.45, 2.75) is 82.6 Å². The summed E-state index contributed by atoms with van der Waals surface area (Å²) in [4.78, 5) is 2.36. The quantitative estimate of drug-likeness (QED) is 0.128. The monoisotopic (exact) mass is 649 g/mol. The van der Waals surface area contributed by atoms with Crippen LogP contribution in [0.4, 0.5) is 17.1 Å². The van der Waals surface area contributed by atoms with Crippen molar-refractivity contribution in [1.29, 1.82) is 0 Å². The van der Waals surface area contributed by atoms with Gasteiger partial charge in [0.1, 0.15) is 0 Å². The smallest absolute Gasteiger partial charge is 0.0540 e. The molecule has 1 nitrogen and oxygen atoms in total. The van der Waals surface area contributed by atoms with E-state index in [0.29, 0.717) is 0 Å². The van der Waals surface area contributed by atoms with Gasteiger partial charge < -0.3 is 4.90 Å². The molecule has 6 rings (SSSR count). The van der Waals surface area contributed by atoms with Crippen LogP contribution in [0.2, 0.25) is 0 Å². The zero-order valence-corrected chi connectivity index (χ0v) is 32.0. The molecule has 0 aliphatic carbocycles. The Morgan fingerprint density at radius 3 is 1.47 bits per heavy atom. The van der Waals surface area contributed by atoms with Gasteiger partial charge in [-0.1, -0.05) is 161 Å². The second kappa shape index (κ2) is 21.9. The van der Waals surface area contributed by atoms with Gasteiger partial charge in [0.05, 0.1) is 5.69 Å². The predicted molar refractivity (Wildman–Crippen MR) is 225 cm³/mol. The maximum atomic E-state index is 2.36. The van der Waals surface area contributed by atoms with Gasteiger partial charge in [0.25, 0.3) is 0 Å². The summed E-state index contributed by atoms with van der Waals surface area (Å²) in [5, 5.41) is 7.93. The van der Waals surface area contributed by atoms with Gasteiger partial charge in [0.2, 0.25) is 0 Å². The third-order valence-corrected chi connectivity index (χ3v) is 8.09. The van der Waals surface area contributed by atoms with Crippen molar-refractivity contribution in [3.8, 4) is 0 Å². The molecule has 0 bridgehead atoms. The molecule has 1 heteroatoms. The molecule has 0 aliphatic rings. The number of nitrogens with zero attached hydrogens (tertiary/aromatic N) is 1. The Labute approximate surface area is 298 Å². The highest BCUT2D eigenvalue weighted by Crippen LogP contribution is 2.43. The Morgan fingerprint density at radius 1 is 0.551 bits per heavy atom. The number of benzene rings is 6. The average Bonchev–Trinajstić information content (AvgIpc) is 3.17. The molecule has 0 fully saturated rings. The summed E-state index contributed by atoms with van der Waals surface area (Å²) in [6.45, 7) is 22.6. The van der Waals surface area contributed by atoms with E-state index in [0.717, 1.165) is 17.8 Å². The van der Waals surface area contributed by atoms with E-state index >= 15 is 0 Å². The Bertz CT molecular complexity index is 1880. The van der Waals surface area contributed by atoms with Gasteiger partial charge in [-0.05, 0) is 111 Å². The van der Waals surface area contributed by atoms with Crippen LogP contribution in [0.25, 0.3) is 32.3 Å². The number of para-hydroxylation sites is 2. The normalized spacial score (nSPS) is 11.3. The summed E-state index contributed by atoms with van der Waals surface area (Å²) < 4.78 is 0. The Morgan fingerprint density at radius 2 is 1.00 bits per heavy atom. The summed E-state index contributed by atoms with van der Waals surface area (Å²) in [5.41, 5.74) is 7.51. The lowest BCUT2D eigenvalue weighted by atomic mass is 9.91. The molecule has 0 saturated heterocycles. The molecule has 256 valence electrons. The van der Waals surface area contributed by atoms with Gasteiger partial charge in [-0.2, -0.15) is 0 Å². The maximum absolute atomic E-state index is 2.36. The molecule has 6 aromatic rings. The van der Waals surface area contributed by atoms with Crippen LogP contribution in [0, 0.1) is 6.92 Å². The van der Waals surface area contributed by atoms with E-state index < -0.39 is 0 Å². The Hall–Kier alpha value is -4.88. The van der Waals surface area contributed by atoms with E-state index in [-0.39, 0.29) is 0 Å². The summed E-state index contributed by atoms with van der Waals surface area (Å²) in [5.74, 6) is 0. The SMILES string of the molecule is C/C=C(C)\C=C/CC.C/C=C\C(C)=C/C.CC.CC.Cc1ccc2ccc3c(N(c4ccccc4)c4ccccc4)ccc4ccc1c2c43.